The highest BCUT2D eigenvalue weighted by molar-refractivity contribution is 5.95. The molecule has 1 saturated heterocycles. The Kier molecular flexibility index (Phi) is 9.79. The zero-order valence-electron chi connectivity index (χ0n) is 23.8. The Bertz CT molecular complexity index is 1470. The van der Waals surface area contributed by atoms with Crippen LogP contribution in [-0.4, -0.2) is 60.3 Å². The number of methoxy groups -OCH3 is 1. The molecular weight excluding hydrogens is 549 g/mol. The highest BCUT2D eigenvalue weighted by Gasteiger charge is 2.37. The van der Waals surface area contributed by atoms with Crippen molar-refractivity contribution in [3.63, 3.8) is 0 Å². The second-order valence-corrected chi connectivity index (χ2v) is 9.82. The lowest BCUT2D eigenvalue weighted by Gasteiger charge is -2.29. The Morgan fingerprint density at radius 3 is 2.57 bits per heavy atom. The minimum absolute atomic E-state index is 0.0836. The zero-order valence-corrected chi connectivity index (χ0v) is 23.8. The number of ether oxygens (including phenoxy) is 2. The monoisotopic (exact) mass is 582 g/mol. The number of rotatable bonds is 9. The maximum atomic E-state index is 13.9. The van der Waals surface area contributed by atoms with E-state index in [2.05, 4.69) is 30.5 Å². The minimum Gasteiger partial charge on any atom is -0.495 e. The van der Waals surface area contributed by atoms with E-state index in [0.717, 1.165) is 25.9 Å². The number of aromatic nitrogens is 2. The molecule has 2 aromatic carbocycles. The summed E-state index contributed by atoms with van der Waals surface area (Å²) in [6, 6.07) is 11.5. The SMILES string of the molecule is C/C=N\C=C(/C)c1ccccc1Oc1nc(Nc2ccc(C(=O)NC3CCN(C)CC3)cc2OC)ncc1C(F)(F)F. The third-order valence-electron chi connectivity index (χ3n) is 6.76. The van der Waals surface area contributed by atoms with Gasteiger partial charge in [-0.25, -0.2) is 4.98 Å². The molecule has 12 heteroatoms. The van der Waals surface area contributed by atoms with Crippen LogP contribution in [0.15, 0.2) is 59.9 Å². The Morgan fingerprint density at radius 1 is 1.14 bits per heavy atom. The molecule has 0 bridgehead atoms. The number of benzene rings is 2. The fourth-order valence-corrected chi connectivity index (χ4v) is 4.42. The van der Waals surface area contributed by atoms with E-state index in [-0.39, 0.29) is 23.6 Å². The lowest BCUT2D eigenvalue weighted by Crippen LogP contribution is -2.43. The van der Waals surface area contributed by atoms with Crippen molar-refractivity contribution in [1.82, 2.24) is 20.2 Å². The molecule has 0 saturated carbocycles. The molecule has 0 spiro atoms. The van der Waals surface area contributed by atoms with Crippen molar-refractivity contribution in [2.24, 2.45) is 4.99 Å². The molecule has 1 fully saturated rings. The van der Waals surface area contributed by atoms with Crippen molar-refractivity contribution in [3.05, 3.63) is 71.6 Å². The number of nitrogens with one attached hydrogen (secondary N) is 2. The van der Waals surface area contributed by atoms with Gasteiger partial charge in [-0.05, 0) is 76.7 Å². The molecule has 9 nitrogen and oxygen atoms in total. The van der Waals surface area contributed by atoms with Crippen molar-refractivity contribution in [2.45, 2.75) is 38.9 Å². The molecule has 0 aliphatic carbocycles. The number of carbonyl (C=O) groups excluding carboxylic acids is 1. The summed E-state index contributed by atoms with van der Waals surface area (Å²) in [6.45, 7) is 5.35. The van der Waals surface area contributed by atoms with Crippen LogP contribution in [0, 0.1) is 0 Å². The number of carbonyl (C=O) groups is 1. The summed E-state index contributed by atoms with van der Waals surface area (Å²) in [6.07, 6.45) is 0.807. The Hall–Kier alpha value is -4.45. The van der Waals surface area contributed by atoms with Gasteiger partial charge in [-0.15, -0.1) is 0 Å². The van der Waals surface area contributed by atoms with Gasteiger partial charge >= 0.3 is 6.18 Å². The average Bonchev–Trinajstić information content (AvgIpc) is 2.97. The minimum atomic E-state index is -4.76. The molecular formula is C30H33F3N6O3. The molecule has 42 heavy (non-hydrogen) atoms. The number of hydrogen-bond donors (Lipinski definition) is 2. The summed E-state index contributed by atoms with van der Waals surface area (Å²) in [5, 5.41) is 5.93. The van der Waals surface area contributed by atoms with Gasteiger partial charge in [-0.1, -0.05) is 18.2 Å². The van der Waals surface area contributed by atoms with Crippen molar-refractivity contribution in [1.29, 1.82) is 0 Å². The van der Waals surface area contributed by atoms with Crippen molar-refractivity contribution in [2.75, 3.05) is 32.6 Å². The van der Waals surface area contributed by atoms with Gasteiger partial charge in [-0.3, -0.25) is 9.79 Å². The van der Waals surface area contributed by atoms with E-state index < -0.39 is 17.6 Å². The van der Waals surface area contributed by atoms with Gasteiger partial charge in [0, 0.05) is 35.8 Å². The van der Waals surface area contributed by atoms with Crippen molar-refractivity contribution < 1.29 is 27.4 Å². The van der Waals surface area contributed by atoms with Gasteiger partial charge < -0.3 is 25.0 Å². The van der Waals surface area contributed by atoms with E-state index in [9.17, 15) is 18.0 Å². The lowest BCUT2D eigenvalue weighted by atomic mass is 10.0. The van der Waals surface area contributed by atoms with Crippen LogP contribution in [-0.2, 0) is 6.18 Å². The Labute approximate surface area is 242 Å². The van der Waals surface area contributed by atoms with Gasteiger partial charge in [-0.2, -0.15) is 18.2 Å². The molecule has 1 amide bonds. The number of piperidine rings is 1. The highest BCUT2D eigenvalue weighted by Crippen LogP contribution is 2.39. The fraction of sp³-hybridized carbons (Fsp3) is 0.333. The third kappa shape index (κ3) is 7.64. The van der Waals surface area contributed by atoms with Crippen LogP contribution < -0.4 is 20.1 Å². The summed E-state index contributed by atoms with van der Waals surface area (Å²) in [5.74, 6) is -0.596. The van der Waals surface area contributed by atoms with E-state index >= 15 is 0 Å². The largest absolute Gasteiger partial charge is 0.495 e. The van der Waals surface area contributed by atoms with E-state index in [1.165, 1.54) is 7.11 Å². The molecule has 1 aliphatic rings. The van der Waals surface area contributed by atoms with Gasteiger partial charge in [0.25, 0.3) is 5.91 Å². The first-order valence-corrected chi connectivity index (χ1v) is 13.4. The van der Waals surface area contributed by atoms with E-state index in [0.29, 0.717) is 34.3 Å². The molecule has 3 aromatic rings. The normalized spacial score (nSPS) is 15.1. The van der Waals surface area contributed by atoms with E-state index in [4.69, 9.17) is 9.47 Å². The number of amides is 1. The number of aliphatic imine (C=N–C) groups is 1. The molecule has 0 atom stereocenters. The maximum Gasteiger partial charge on any atom is 0.423 e. The smallest absolute Gasteiger partial charge is 0.423 e. The van der Waals surface area contributed by atoms with Crippen LogP contribution in [0.3, 0.4) is 0 Å². The van der Waals surface area contributed by atoms with E-state index in [1.54, 1.807) is 68.7 Å². The van der Waals surface area contributed by atoms with E-state index in [1.807, 2.05) is 7.05 Å². The highest BCUT2D eigenvalue weighted by atomic mass is 19.4. The van der Waals surface area contributed by atoms with Crippen LogP contribution in [0.5, 0.6) is 17.4 Å². The molecule has 2 heterocycles. The van der Waals surface area contributed by atoms with Crippen LogP contribution in [0.2, 0.25) is 0 Å². The van der Waals surface area contributed by atoms with Gasteiger partial charge in [0.2, 0.25) is 11.8 Å². The Balaban J connectivity index is 1.59. The van der Waals surface area contributed by atoms with Crippen LogP contribution >= 0.6 is 0 Å². The summed E-state index contributed by atoms with van der Waals surface area (Å²) in [7, 11) is 3.47. The number of hydrogen-bond acceptors (Lipinski definition) is 8. The number of nitrogens with zero attached hydrogens (tertiary/aromatic N) is 4. The van der Waals surface area contributed by atoms with Crippen molar-refractivity contribution >= 4 is 29.3 Å². The summed E-state index contributed by atoms with van der Waals surface area (Å²) in [4.78, 5) is 27.1. The van der Waals surface area contributed by atoms with Crippen LogP contribution in [0.4, 0.5) is 24.8 Å². The molecule has 0 radical (unpaired) electrons. The number of likely N-dealkylation sites (tertiary alicyclic amines) is 1. The van der Waals surface area contributed by atoms with Crippen LogP contribution in [0.1, 0.15) is 48.2 Å². The third-order valence-corrected chi connectivity index (χ3v) is 6.76. The van der Waals surface area contributed by atoms with Gasteiger partial charge in [0.15, 0.2) is 0 Å². The van der Waals surface area contributed by atoms with Crippen molar-refractivity contribution in [3.8, 4) is 17.4 Å². The second-order valence-electron chi connectivity index (χ2n) is 9.82. The summed E-state index contributed by atoms with van der Waals surface area (Å²) < 4.78 is 52.9. The number of halogens is 3. The fourth-order valence-electron chi connectivity index (χ4n) is 4.42. The average molecular weight is 583 g/mol. The molecule has 4 rings (SSSR count). The maximum absolute atomic E-state index is 13.9. The molecule has 1 aromatic heterocycles. The number of anilines is 2. The molecule has 0 unspecified atom stereocenters. The second kappa shape index (κ2) is 13.5. The molecule has 222 valence electrons. The first kappa shape index (κ1) is 30.5. The van der Waals surface area contributed by atoms with Gasteiger partial charge in [0.1, 0.15) is 17.1 Å². The first-order chi connectivity index (χ1) is 20.1. The molecule has 2 N–H and O–H groups in total. The number of para-hydroxylation sites is 1. The number of alkyl halides is 3. The predicted octanol–water partition coefficient (Wildman–Crippen LogP) is 6.32. The topological polar surface area (TPSA) is 101 Å². The standard InChI is InChI=1S/C30H33F3N6O3/c1-5-34-17-19(2)22-8-6-7-9-25(22)42-28-23(30(31,32)33)18-35-29(38-28)37-24-11-10-20(16-26(24)41-4)27(40)36-21-12-14-39(3)15-13-21/h5-11,16-18,21H,12-15H2,1-4H3,(H,36,40)(H,35,37,38)/b19-17+,34-5-. The quantitative estimate of drug-likeness (QED) is 0.285. The first-order valence-electron chi connectivity index (χ1n) is 13.4. The zero-order chi connectivity index (χ0) is 30.3. The summed E-state index contributed by atoms with van der Waals surface area (Å²) >= 11 is 0. The van der Waals surface area contributed by atoms with Crippen LogP contribution in [0.25, 0.3) is 5.57 Å². The number of allylic oxidation sites excluding steroid dienone is 1. The summed E-state index contributed by atoms with van der Waals surface area (Å²) in [5.41, 5.74) is 0.857. The Morgan fingerprint density at radius 2 is 1.88 bits per heavy atom. The predicted molar refractivity (Wildman–Crippen MR) is 156 cm³/mol. The lowest BCUT2D eigenvalue weighted by molar-refractivity contribution is -0.139. The van der Waals surface area contributed by atoms with Gasteiger partial charge in [0.05, 0.1) is 12.8 Å². The molecule has 1 aliphatic heterocycles.